The lowest BCUT2D eigenvalue weighted by molar-refractivity contribution is -0.120. The van der Waals surface area contributed by atoms with Crippen LogP contribution in [0.5, 0.6) is 0 Å². The molecule has 3 N–H and O–H groups in total. The van der Waals surface area contributed by atoms with Crippen molar-refractivity contribution in [1.82, 2.24) is 4.90 Å². The van der Waals surface area contributed by atoms with E-state index in [0.717, 1.165) is 25.9 Å². The molecule has 6 heteroatoms. The van der Waals surface area contributed by atoms with Crippen LogP contribution in [0.4, 0.5) is 5.69 Å². The molecule has 0 aliphatic carbocycles. The minimum Gasteiger partial charge on any atom is -0.366 e. The molecule has 0 radical (unpaired) electrons. The van der Waals surface area contributed by atoms with Crippen molar-refractivity contribution in [3.05, 3.63) is 64.7 Å². The first-order valence-electron chi connectivity index (χ1n) is 8.23. The fourth-order valence-electron chi connectivity index (χ4n) is 3.15. The van der Waals surface area contributed by atoms with E-state index in [1.54, 1.807) is 12.1 Å². The summed E-state index contributed by atoms with van der Waals surface area (Å²) in [5, 5.41) is 3.15. The second-order valence-corrected chi connectivity index (χ2v) is 6.57. The van der Waals surface area contributed by atoms with Gasteiger partial charge in [-0.25, -0.2) is 0 Å². The van der Waals surface area contributed by atoms with Gasteiger partial charge in [-0.3, -0.25) is 14.5 Å². The Bertz CT molecular complexity index is 779. The van der Waals surface area contributed by atoms with Crippen molar-refractivity contribution < 1.29 is 9.59 Å². The third-order valence-corrected chi connectivity index (χ3v) is 4.72. The molecule has 0 aromatic heterocycles. The maximum Gasteiger partial charge on any atom is 0.250 e. The standard InChI is InChI=1S/C19H20ClN3O2/c20-16-9-8-14(11-15(16)18(21)24)22-19(25)17-7-4-10-23(17)12-13-5-2-1-3-6-13/h1-3,5-6,8-9,11,17H,4,7,10,12H2,(H2,21,24)(H,22,25). The Balaban J connectivity index is 1.70. The summed E-state index contributed by atoms with van der Waals surface area (Å²) in [5.74, 6) is -0.696. The third-order valence-electron chi connectivity index (χ3n) is 4.39. The van der Waals surface area contributed by atoms with Crippen molar-refractivity contribution in [2.45, 2.75) is 25.4 Å². The van der Waals surface area contributed by atoms with Crippen LogP contribution in [0.15, 0.2) is 48.5 Å². The molecule has 1 aliphatic rings. The third kappa shape index (κ3) is 4.18. The normalized spacial score (nSPS) is 17.4. The number of primary amides is 1. The van der Waals surface area contributed by atoms with Gasteiger partial charge in [0.1, 0.15) is 0 Å². The lowest BCUT2D eigenvalue weighted by Gasteiger charge is -2.23. The van der Waals surface area contributed by atoms with Gasteiger partial charge in [-0.2, -0.15) is 0 Å². The van der Waals surface area contributed by atoms with Crippen LogP contribution in [0, 0.1) is 0 Å². The number of nitrogens with one attached hydrogen (secondary N) is 1. The van der Waals surface area contributed by atoms with Gasteiger partial charge in [0.25, 0.3) is 0 Å². The van der Waals surface area contributed by atoms with E-state index in [4.69, 9.17) is 17.3 Å². The predicted molar refractivity (Wildman–Crippen MR) is 98.5 cm³/mol. The molecular formula is C19H20ClN3O2. The molecule has 1 saturated heterocycles. The van der Waals surface area contributed by atoms with Gasteiger partial charge in [-0.05, 0) is 43.1 Å². The van der Waals surface area contributed by atoms with E-state index in [-0.39, 0.29) is 22.5 Å². The summed E-state index contributed by atoms with van der Waals surface area (Å²) in [4.78, 5) is 26.2. The number of nitrogens with zero attached hydrogens (tertiary/aromatic N) is 1. The number of amides is 2. The maximum atomic E-state index is 12.7. The van der Waals surface area contributed by atoms with Gasteiger partial charge in [-0.15, -0.1) is 0 Å². The Morgan fingerprint density at radius 1 is 1.20 bits per heavy atom. The molecule has 1 aliphatic heterocycles. The maximum absolute atomic E-state index is 12.7. The summed E-state index contributed by atoms with van der Waals surface area (Å²) in [6, 6.07) is 14.7. The van der Waals surface area contributed by atoms with Crippen LogP contribution in [-0.4, -0.2) is 29.3 Å². The lowest BCUT2D eigenvalue weighted by atomic mass is 10.1. The highest BCUT2D eigenvalue weighted by atomic mass is 35.5. The number of anilines is 1. The first-order valence-corrected chi connectivity index (χ1v) is 8.60. The topological polar surface area (TPSA) is 75.4 Å². The molecule has 2 aromatic carbocycles. The number of halogens is 1. The van der Waals surface area contributed by atoms with Crippen molar-refractivity contribution in [3.63, 3.8) is 0 Å². The summed E-state index contributed by atoms with van der Waals surface area (Å²) in [6.07, 6.45) is 1.80. The molecular weight excluding hydrogens is 338 g/mol. The second kappa shape index (κ2) is 7.68. The average molecular weight is 358 g/mol. The molecule has 1 fully saturated rings. The molecule has 130 valence electrons. The summed E-state index contributed by atoms with van der Waals surface area (Å²) < 4.78 is 0. The van der Waals surface area contributed by atoms with Crippen LogP contribution in [0.1, 0.15) is 28.8 Å². The summed E-state index contributed by atoms with van der Waals surface area (Å²) in [7, 11) is 0. The molecule has 3 rings (SSSR count). The van der Waals surface area contributed by atoms with Gasteiger partial charge in [0.2, 0.25) is 11.8 Å². The van der Waals surface area contributed by atoms with E-state index in [0.29, 0.717) is 5.69 Å². The van der Waals surface area contributed by atoms with Crippen LogP contribution in [-0.2, 0) is 11.3 Å². The van der Waals surface area contributed by atoms with Crippen LogP contribution in [0.25, 0.3) is 0 Å². The van der Waals surface area contributed by atoms with E-state index in [9.17, 15) is 9.59 Å². The first-order chi connectivity index (χ1) is 12.0. The van der Waals surface area contributed by atoms with E-state index in [1.165, 1.54) is 11.6 Å². The Kier molecular flexibility index (Phi) is 5.36. The van der Waals surface area contributed by atoms with Gasteiger partial charge in [0.15, 0.2) is 0 Å². The smallest absolute Gasteiger partial charge is 0.250 e. The van der Waals surface area contributed by atoms with E-state index < -0.39 is 5.91 Å². The fraction of sp³-hybridized carbons (Fsp3) is 0.263. The summed E-state index contributed by atoms with van der Waals surface area (Å²) >= 11 is 5.95. The van der Waals surface area contributed by atoms with Gasteiger partial charge >= 0.3 is 0 Å². The highest BCUT2D eigenvalue weighted by Gasteiger charge is 2.30. The van der Waals surface area contributed by atoms with E-state index in [2.05, 4.69) is 22.3 Å². The highest BCUT2D eigenvalue weighted by Crippen LogP contribution is 2.24. The van der Waals surface area contributed by atoms with Crippen molar-refractivity contribution >= 4 is 29.1 Å². The molecule has 1 unspecified atom stereocenters. The number of carbonyl (C=O) groups excluding carboxylic acids is 2. The second-order valence-electron chi connectivity index (χ2n) is 6.16. The van der Waals surface area contributed by atoms with Crippen LogP contribution < -0.4 is 11.1 Å². The Morgan fingerprint density at radius 3 is 2.68 bits per heavy atom. The number of hydrogen-bond acceptors (Lipinski definition) is 3. The zero-order valence-corrected chi connectivity index (χ0v) is 14.5. The molecule has 1 heterocycles. The van der Waals surface area contributed by atoms with Crippen molar-refractivity contribution in [2.75, 3.05) is 11.9 Å². The Morgan fingerprint density at radius 2 is 1.96 bits per heavy atom. The predicted octanol–water partition coefficient (Wildman–Crippen LogP) is 3.04. The number of nitrogens with two attached hydrogens (primary N) is 1. The van der Waals surface area contributed by atoms with Gasteiger partial charge < -0.3 is 11.1 Å². The van der Waals surface area contributed by atoms with Gasteiger partial charge in [0.05, 0.1) is 16.6 Å². The molecule has 2 amide bonds. The average Bonchev–Trinajstić information content (AvgIpc) is 3.05. The number of hydrogen-bond donors (Lipinski definition) is 2. The Labute approximate surface area is 151 Å². The van der Waals surface area contributed by atoms with Crippen molar-refractivity contribution in [2.24, 2.45) is 5.73 Å². The van der Waals surface area contributed by atoms with Crippen molar-refractivity contribution in [3.8, 4) is 0 Å². The van der Waals surface area contributed by atoms with Crippen LogP contribution in [0.2, 0.25) is 5.02 Å². The van der Waals surface area contributed by atoms with Crippen LogP contribution >= 0.6 is 11.6 Å². The minimum absolute atomic E-state index is 0.0776. The molecule has 0 bridgehead atoms. The number of rotatable bonds is 5. The van der Waals surface area contributed by atoms with Gasteiger partial charge in [-0.1, -0.05) is 41.9 Å². The zero-order valence-electron chi connectivity index (χ0n) is 13.7. The lowest BCUT2D eigenvalue weighted by Crippen LogP contribution is -2.39. The molecule has 0 saturated carbocycles. The molecule has 5 nitrogen and oxygen atoms in total. The van der Waals surface area contributed by atoms with E-state index in [1.807, 2.05) is 18.2 Å². The first kappa shape index (κ1) is 17.5. The zero-order chi connectivity index (χ0) is 17.8. The quantitative estimate of drug-likeness (QED) is 0.863. The summed E-state index contributed by atoms with van der Waals surface area (Å²) in [5.41, 5.74) is 7.21. The fourth-order valence-corrected chi connectivity index (χ4v) is 3.36. The highest BCUT2D eigenvalue weighted by molar-refractivity contribution is 6.34. The molecule has 2 aromatic rings. The molecule has 25 heavy (non-hydrogen) atoms. The Hall–Kier alpha value is -2.37. The number of benzene rings is 2. The largest absolute Gasteiger partial charge is 0.366 e. The number of likely N-dealkylation sites (tertiary alicyclic amines) is 1. The molecule has 0 spiro atoms. The van der Waals surface area contributed by atoms with E-state index >= 15 is 0 Å². The number of carbonyl (C=O) groups is 2. The SMILES string of the molecule is NC(=O)c1cc(NC(=O)C2CCCN2Cc2ccccc2)ccc1Cl. The van der Waals surface area contributed by atoms with Crippen molar-refractivity contribution in [1.29, 1.82) is 0 Å². The van der Waals surface area contributed by atoms with Crippen LogP contribution in [0.3, 0.4) is 0 Å². The monoisotopic (exact) mass is 357 g/mol. The molecule has 1 atom stereocenters. The van der Waals surface area contributed by atoms with Gasteiger partial charge in [0, 0.05) is 12.2 Å². The summed E-state index contributed by atoms with van der Waals surface area (Å²) in [6.45, 7) is 1.63. The minimum atomic E-state index is -0.618.